The van der Waals surface area contributed by atoms with Crippen LogP contribution >= 0.6 is 0 Å². The number of aryl methyl sites for hydroxylation is 1. The molecule has 4 rings (SSSR count). The zero-order chi connectivity index (χ0) is 26.4. The predicted molar refractivity (Wildman–Crippen MR) is 138 cm³/mol. The van der Waals surface area contributed by atoms with Crippen LogP contribution in [0.4, 0.5) is 5.69 Å². The van der Waals surface area contributed by atoms with Crippen LogP contribution in [0.15, 0.2) is 59.0 Å². The molecule has 0 fully saturated rings. The number of amides is 2. The van der Waals surface area contributed by atoms with Crippen molar-refractivity contribution in [3.05, 3.63) is 77.2 Å². The topological polar surface area (TPSA) is 101 Å². The molecule has 0 aliphatic carbocycles. The van der Waals surface area contributed by atoms with Gasteiger partial charge in [-0.2, -0.15) is 0 Å². The lowest BCUT2D eigenvalue weighted by Gasteiger charge is -2.29. The fourth-order valence-corrected chi connectivity index (χ4v) is 3.93. The van der Waals surface area contributed by atoms with Gasteiger partial charge in [-0.3, -0.25) is 19.3 Å². The molecular formula is C28H31N3O6. The van der Waals surface area contributed by atoms with Gasteiger partial charge in [0, 0.05) is 18.7 Å². The first-order chi connectivity index (χ1) is 17.9. The Labute approximate surface area is 215 Å². The Morgan fingerprint density at radius 3 is 2.70 bits per heavy atom. The van der Waals surface area contributed by atoms with Gasteiger partial charge in [0.1, 0.15) is 17.3 Å². The van der Waals surface area contributed by atoms with Crippen LogP contribution in [-0.2, 0) is 17.8 Å². The van der Waals surface area contributed by atoms with Gasteiger partial charge in [0.05, 0.1) is 12.2 Å². The highest BCUT2D eigenvalue weighted by Crippen LogP contribution is 2.34. The lowest BCUT2D eigenvalue weighted by molar-refractivity contribution is -0.121. The van der Waals surface area contributed by atoms with Crippen molar-refractivity contribution < 1.29 is 28.3 Å². The first-order valence-electron chi connectivity index (χ1n) is 12.2. The lowest BCUT2D eigenvalue weighted by atomic mass is 10.1. The average molecular weight is 506 g/mol. The molecule has 2 aromatic carbocycles. The molecule has 0 spiro atoms. The second-order valence-electron chi connectivity index (χ2n) is 8.95. The van der Waals surface area contributed by atoms with E-state index in [1.54, 1.807) is 30.3 Å². The van der Waals surface area contributed by atoms with Crippen LogP contribution in [-0.4, -0.2) is 62.9 Å². The predicted octanol–water partition coefficient (Wildman–Crippen LogP) is 3.32. The Morgan fingerprint density at radius 1 is 1.11 bits per heavy atom. The third-order valence-electron chi connectivity index (χ3n) is 5.98. The number of para-hydroxylation sites is 1. The molecule has 0 atom stereocenters. The number of likely N-dealkylation sites (N-methyl/N-ethyl adjacent to an activating group) is 1. The van der Waals surface area contributed by atoms with E-state index in [2.05, 4.69) is 5.32 Å². The Balaban J connectivity index is 1.46. The molecule has 0 radical (unpaired) electrons. The third kappa shape index (κ3) is 6.37. The molecule has 1 N–H and O–H groups in total. The zero-order valence-electron chi connectivity index (χ0n) is 21.3. The maximum absolute atomic E-state index is 12.9. The number of carbonyl (C=O) groups is 3. The SMILES string of the molecule is CCc1ccccc1OCC(=O)c1ccc2c(c1)N(Cc1ccc(C(=O)NCCN(C)C)o1)C(=O)CO2. The molecule has 1 aromatic heterocycles. The van der Waals surface area contributed by atoms with E-state index in [0.717, 1.165) is 12.0 Å². The van der Waals surface area contributed by atoms with Gasteiger partial charge in [-0.1, -0.05) is 25.1 Å². The van der Waals surface area contributed by atoms with Crippen LogP contribution in [0.1, 0.15) is 39.2 Å². The molecule has 2 amide bonds. The molecule has 3 aromatic rings. The molecular weight excluding hydrogens is 474 g/mol. The van der Waals surface area contributed by atoms with E-state index in [1.165, 1.54) is 4.90 Å². The highest BCUT2D eigenvalue weighted by Gasteiger charge is 2.28. The number of fused-ring (bicyclic) bond motifs is 1. The number of hydrogen-bond donors (Lipinski definition) is 1. The number of nitrogens with one attached hydrogen (secondary N) is 1. The number of nitrogens with zero attached hydrogens (tertiary/aromatic N) is 2. The van der Waals surface area contributed by atoms with E-state index in [-0.39, 0.29) is 43.1 Å². The first-order valence-corrected chi connectivity index (χ1v) is 12.2. The third-order valence-corrected chi connectivity index (χ3v) is 5.98. The smallest absolute Gasteiger partial charge is 0.287 e. The normalized spacial score (nSPS) is 12.8. The van der Waals surface area contributed by atoms with E-state index in [4.69, 9.17) is 13.9 Å². The number of carbonyl (C=O) groups excluding carboxylic acids is 3. The lowest BCUT2D eigenvalue weighted by Crippen LogP contribution is -2.38. The molecule has 0 bridgehead atoms. The molecule has 194 valence electrons. The summed E-state index contributed by atoms with van der Waals surface area (Å²) in [6.07, 6.45) is 0.795. The van der Waals surface area contributed by atoms with Crippen LogP contribution in [0.25, 0.3) is 0 Å². The monoisotopic (exact) mass is 505 g/mol. The van der Waals surface area contributed by atoms with Gasteiger partial charge in [-0.05, 0) is 62.5 Å². The van der Waals surface area contributed by atoms with Crippen LogP contribution in [0, 0.1) is 0 Å². The summed E-state index contributed by atoms with van der Waals surface area (Å²) in [7, 11) is 3.84. The van der Waals surface area contributed by atoms with E-state index in [0.29, 0.717) is 41.6 Å². The van der Waals surface area contributed by atoms with Crippen LogP contribution in [0.3, 0.4) is 0 Å². The molecule has 2 heterocycles. The number of rotatable bonds is 11. The van der Waals surface area contributed by atoms with Gasteiger partial charge in [0.15, 0.2) is 24.8 Å². The van der Waals surface area contributed by atoms with Gasteiger partial charge in [0.2, 0.25) is 0 Å². The number of ketones is 1. The quantitative estimate of drug-likeness (QED) is 0.399. The molecule has 9 nitrogen and oxygen atoms in total. The summed E-state index contributed by atoms with van der Waals surface area (Å²) in [5, 5.41) is 2.80. The first kappa shape index (κ1) is 26.0. The van der Waals surface area contributed by atoms with Gasteiger partial charge < -0.3 is 24.1 Å². The highest BCUT2D eigenvalue weighted by atomic mass is 16.5. The number of ether oxygens (including phenoxy) is 2. The standard InChI is InChI=1S/C28H31N3O6/c1-4-19-7-5-6-8-24(19)35-17-23(32)20-9-11-25-22(15-20)31(27(33)18-36-25)16-21-10-12-26(37-21)28(34)29-13-14-30(2)3/h5-12,15H,4,13-14,16-18H2,1-3H3,(H,29,34). The number of Topliss-reactive ketones (excluding diaryl/α,β-unsaturated/α-hetero) is 1. The molecule has 1 aliphatic rings. The summed E-state index contributed by atoms with van der Waals surface area (Å²) in [6, 6.07) is 15.8. The van der Waals surface area contributed by atoms with Gasteiger partial charge in [-0.15, -0.1) is 0 Å². The molecule has 9 heteroatoms. The summed E-state index contributed by atoms with van der Waals surface area (Å²) in [6.45, 7) is 3.05. The van der Waals surface area contributed by atoms with Gasteiger partial charge in [-0.25, -0.2) is 0 Å². The van der Waals surface area contributed by atoms with Crippen LogP contribution in [0.5, 0.6) is 11.5 Å². The van der Waals surface area contributed by atoms with Crippen molar-refractivity contribution in [2.75, 3.05) is 45.3 Å². The van der Waals surface area contributed by atoms with Crippen molar-refractivity contribution in [2.24, 2.45) is 0 Å². The second kappa shape index (κ2) is 11.7. The number of hydrogen-bond acceptors (Lipinski definition) is 7. The van der Waals surface area contributed by atoms with Gasteiger partial charge in [0.25, 0.3) is 11.8 Å². The Bertz CT molecular complexity index is 1280. The van der Waals surface area contributed by atoms with Crippen molar-refractivity contribution in [3.8, 4) is 11.5 Å². The largest absolute Gasteiger partial charge is 0.485 e. The summed E-state index contributed by atoms with van der Waals surface area (Å²) in [4.78, 5) is 41.5. The molecule has 0 saturated carbocycles. The number of anilines is 1. The summed E-state index contributed by atoms with van der Waals surface area (Å²) >= 11 is 0. The summed E-state index contributed by atoms with van der Waals surface area (Å²) < 4.78 is 17.1. The zero-order valence-corrected chi connectivity index (χ0v) is 21.3. The van der Waals surface area contributed by atoms with Crippen LogP contribution < -0.4 is 19.7 Å². The minimum Gasteiger partial charge on any atom is -0.485 e. The van der Waals surface area contributed by atoms with Gasteiger partial charge >= 0.3 is 0 Å². The second-order valence-corrected chi connectivity index (χ2v) is 8.95. The minimum absolute atomic E-state index is 0.0954. The maximum Gasteiger partial charge on any atom is 0.287 e. The number of furan rings is 1. The fourth-order valence-electron chi connectivity index (χ4n) is 3.93. The average Bonchev–Trinajstić information content (AvgIpc) is 3.37. The Kier molecular flexibility index (Phi) is 8.25. The van der Waals surface area contributed by atoms with E-state index in [9.17, 15) is 14.4 Å². The van der Waals surface area contributed by atoms with Crippen molar-refractivity contribution in [2.45, 2.75) is 19.9 Å². The van der Waals surface area contributed by atoms with Crippen molar-refractivity contribution in [3.63, 3.8) is 0 Å². The van der Waals surface area contributed by atoms with Crippen molar-refractivity contribution in [1.29, 1.82) is 0 Å². The van der Waals surface area contributed by atoms with Crippen LogP contribution in [0.2, 0.25) is 0 Å². The van der Waals surface area contributed by atoms with Crippen molar-refractivity contribution in [1.82, 2.24) is 10.2 Å². The maximum atomic E-state index is 12.9. The van der Waals surface area contributed by atoms with E-state index in [1.807, 2.05) is 50.2 Å². The summed E-state index contributed by atoms with van der Waals surface area (Å²) in [5.41, 5.74) is 1.89. The fraction of sp³-hybridized carbons (Fsp3) is 0.321. The minimum atomic E-state index is -0.320. The summed E-state index contributed by atoms with van der Waals surface area (Å²) in [5.74, 6) is 0.954. The molecule has 1 aliphatic heterocycles. The highest BCUT2D eigenvalue weighted by molar-refractivity contribution is 6.02. The Hall–Kier alpha value is -4.11. The molecule has 0 saturated heterocycles. The molecule has 0 unspecified atom stereocenters. The van der Waals surface area contributed by atoms with E-state index >= 15 is 0 Å². The van der Waals surface area contributed by atoms with E-state index < -0.39 is 0 Å². The van der Waals surface area contributed by atoms with Crippen molar-refractivity contribution >= 4 is 23.3 Å². The number of benzene rings is 2. The Morgan fingerprint density at radius 2 is 1.92 bits per heavy atom. The molecule has 37 heavy (non-hydrogen) atoms.